The topological polar surface area (TPSA) is 52.8 Å². The first kappa shape index (κ1) is 12.9. The molecule has 0 N–H and O–H groups in total. The quantitative estimate of drug-likeness (QED) is 0.739. The highest BCUT2D eigenvalue weighted by molar-refractivity contribution is 6.42. The minimum atomic E-state index is 0.245. The van der Waals surface area contributed by atoms with Crippen LogP contribution in [0.3, 0.4) is 0 Å². The van der Waals surface area contributed by atoms with Crippen LogP contribution in [-0.2, 0) is 0 Å². The highest BCUT2D eigenvalue weighted by Crippen LogP contribution is 2.29. The molecule has 0 amide bonds. The van der Waals surface area contributed by atoms with Crippen LogP contribution in [0.15, 0.2) is 48.5 Å². The molecule has 0 fully saturated rings. The number of para-hydroxylation sites is 1. The first-order valence-corrected chi connectivity index (χ1v) is 6.46. The molecule has 0 saturated carbocycles. The van der Waals surface area contributed by atoms with Gasteiger partial charge in [-0.3, -0.25) is 0 Å². The first-order chi connectivity index (χ1) is 9.74. The highest BCUT2D eigenvalue weighted by Gasteiger charge is 2.11. The average Bonchev–Trinajstić information content (AvgIpc) is 2.92. The number of ether oxygens (including phenoxy) is 1. The lowest BCUT2D eigenvalue weighted by atomic mass is 10.3. The SMILES string of the molecule is Clc1ccc(Oc2nnnn2-c2ccccc2)cc1Cl. The molecule has 0 unspecified atom stereocenters. The number of halogens is 2. The van der Waals surface area contributed by atoms with Gasteiger partial charge in [-0.15, -0.1) is 0 Å². The van der Waals surface area contributed by atoms with Crippen LogP contribution < -0.4 is 4.74 Å². The predicted octanol–water partition coefficient (Wildman–Crippen LogP) is 3.76. The molecule has 0 aliphatic heterocycles. The molecule has 3 rings (SSSR count). The Balaban J connectivity index is 1.92. The van der Waals surface area contributed by atoms with E-state index in [9.17, 15) is 0 Å². The molecule has 0 aliphatic carbocycles. The van der Waals surface area contributed by atoms with Crippen LogP contribution in [0, 0.1) is 0 Å². The van der Waals surface area contributed by atoms with Gasteiger partial charge in [0.15, 0.2) is 0 Å². The number of benzene rings is 2. The van der Waals surface area contributed by atoms with Crippen LogP contribution in [0.25, 0.3) is 5.69 Å². The zero-order chi connectivity index (χ0) is 13.9. The summed E-state index contributed by atoms with van der Waals surface area (Å²) in [6.45, 7) is 0. The molecule has 3 aromatic rings. The predicted molar refractivity (Wildman–Crippen MR) is 75.7 cm³/mol. The third kappa shape index (κ3) is 2.59. The fourth-order valence-electron chi connectivity index (χ4n) is 1.62. The van der Waals surface area contributed by atoms with Gasteiger partial charge in [0.2, 0.25) is 0 Å². The molecule has 2 aromatic carbocycles. The zero-order valence-electron chi connectivity index (χ0n) is 10.1. The fraction of sp³-hybridized carbons (Fsp3) is 0. The Kier molecular flexibility index (Phi) is 3.54. The van der Waals surface area contributed by atoms with Gasteiger partial charge in [-0.25, -0.2) is 0 Å². The molecular weight excluding hydrogens is 299 g/mol. The summed E-state index contributed by atoms with van der Waals surface area (Å²) in [5.74, 6) is 0.506. The molecule has 0 radical (unpaired) electrons. The molecule has 20 heavy (non-hydrogen) atoms. The van der Waals surface area contributed by atoms with E-state index in [1.54, 1.807) is 18.2 Å². The summed E-state index contributed by atoms with van der Waals surface area (Å²) in [7, 11) is 0. The summed E-state index contributed by atoms with van der Waals surface area (Å²) in [5.41, 5.74) is 0.799. The summed E-state index contributed by atoms with van der Waals surface area (Å²) in [5, 5.41) is 12.2. The molecule has 100 valence electrons. The van der Waals surface area contributed by atoms with Gasteiger partial charge in [0.1, 0.15) is 5.75 Å². The third-order valence-corrected chi connectivity index (χ3v) is 3.28. The summed E-state index contributed by atoms with van der Waals surface area (Å²) in [6.07, 6.45) is 0. The minimum Gasteiger partial charge on any atom is -0.423 e. The van der Waals surface area contributed by atoms with Crippen molar-refractivity contribution in [2.45, 2.75) is 0 Å². The second kappa shape index (κ2) is 5.48. The molecule has 0 saturated heterocycles. The van der Waals surface area contributed by atoms with Gasteiger partial charge in [-0.2, -0.15) is 4.68 Å². The number of aromatic nitrogens is 4. The molecule has 1 heterocycles. The maximum atomic E-state index is 5.94. The van der Waals surface area contributed by atoms with E-state index in [1.165, 1.54) is 4.68 Å². The van der Waals surface area contributed by atoms with Crippen LogP contribution in [0.2, 0.25) is 10.0 Å². The zero-order valence-corrected chi connectivity index (χ0v) is 11.6. The van der Waals surface area contributed by atoms with E-state index in [4.69, 9.17) is 27.9 Å². The molecule has 0 bridgehead atoms. The summed E-state index contributed by atoms with van der Waals surface area (Å²) in [4.78, 5) is 0. The van der Waals surface area contributed by atoms with Gasteiger partial charge < -0.3 is 4.74 Å². The fourth-order valence-corrected chi connectivity index (χ4v) is 1.91. The van der Waals surface area contributed by atoms with Gasteiger partial charge in [0, 0.05) is 6.07 Å². The molecule has 0 atom stereocenters. The molecule has 5 nitrogen and oxygen atoms in total. The van der Waals surface area contributed by atoms with Crippen molar-refractivity contribution in [2.75, 3.05) is 0 Å². The van der Waals surface area contributed by atoms with Crippen molar-refractivity contribution in [2.24, 2.45) is 0 Å². The molecule has 7 heteroatoms. The van der Waals surface area contributed by atoms with E-state index in [0.29, 0.717) is 15.8 Å². The molecule has 0 spiro atoms. The van der Waals surface area contributed by atoms with Crippen LogP contribution >= 0.6 is 23.2 Å². The number of tetrazole rings is 1. The van der Waals surface area contributed by atoms with Gasteiger partial charge in [0.25, 0.3) is 0 Å². The van der Waals surface area contributed by atoms with Crippen molar-refractivity contribution in [1.29, 1.82) is 0 Å². The van der Waals surface area contributed by atoms with E-state index < -0.39 is 0 Å². The van der Waals surface area contributed by atoms with Crippen LogP contribution in [0.4, 0.5) is 0 Å². The Morgan fingerprint density at radius 2 is 1.75 bits per heavy atom. The summed E-state index contributed by atoms with van der Waals surface area (Å²) < 4.78 is 7.11. The van der Waals surface area contributed by atoms with Gasteiger partial charge in [0.05, 0.1) is 15.7 Å². The number of nitrogens with zero attached hydrogens (tertiary/aromatic N) is 4. The number of hydrogen-bond acceptors (Lipinski definition) is 4. The van der Waals surface area contributed by atoms with Gasteiger partial charge >= 0.3 is 6.01 Å². The van der Waals surface area contributed by atoms with Crippen LogP contribution in [0.1, 0.15) is 0 Å². The Morgan fingerprint density at radius 1 is 0.950 bits per heavy atom. The standard InChI is InChI=1S/C13H8Cl2N4O/c14-11-7-6-10(8-12(11)15)20-13-16-17-18-19(13)9-4-2-1-3-5-9/h1-8H. The van der Waals surface area contributed by atoms with Gasteiger partial charge in [-0.1, -0.05) is 46.5 Å². The summed E-state index contributed by atoms with van der Waals surface area (Å²) >= 11 is 11.8. The Morgan fingerprint density at radius 3 is 2.50 bits per heavy atom. The summed E-state index contributed by atoms with van der Waals surface area (Å²) in [6, 6.07) is 14.6. The van der Waals surface area contributed by atoms with Crippen LogP contribution in [0.5, 0.6) is 11.8 Å². The molecule has 0 aliphatic rings. The van der Waals surface area contributed by atoms with E-state index in [-0.39, 0.29) is 6.01 Å². The number of rotatable bonds is 3. The van der Waals surface area contributed by atoms with Crippen molar-refractivity contribution in [3.8, 4) is 17.4 Å². The van der Waals surface area contributed by atoms with E-state index in [0.717, 1.165) is 5.69 Å². The lowest BCUT2D eigenvalue weighted by Gasteiger charge is -2.06. The third-order valence-electron chi connectivity index (χ3n) is 2.54. The highest BCUT2D eigenvalue weighted by atomic mass is 35.5. The Bertz CT molecular complexity index is 730. The maximum Gasteiger partial charge on any atom is 0.345 e. The largest absolute Gasteiger partial charge is 0.423 e. The molecule has 1 aromatic heterocycles. The van der Waals surface area contributed by atoms with Crippen molar-refractivity contribution in [3.63, 3.8) is 0 Å². The monoisotopic (exact) mass is 306 g/mol. The smallest absolute Gasteiger partial charge is 0.345 e. The Labute approximate surface area is 124 Å². The van der Waals surface area contributed by atoms with E-state index >= 15 is 0 Å². The van der Waals surface area contributed by atoms with Gasteiger partial charge in [-0.05, 0) is 34.7 Å². The minimum absolute atomic E-state index is 0.245. The van der Waals surface area contributed by atoms with Crippen molar-refractivity contribution >= 4 is 23.2 Å². The molecular formula is C13H8Cl2N4O. The van der Waals surface area contributed by atoms with Crippen molar-refractivity contribution in [1.82, 2.24) is 20.2 Å². The lowest BCUT2D eigenvalue weighted by Crippen LogP contribution is -1.99. The average molecular weight is 307 g/mol. The normalized spacial score (nSPS) is 10.5. The van der Waals surface area contributed by atoms with E-state index in [1.807, 2.05) is 30.3 Å². The van der Waals surface area contributed by atoms with Crippen LogP contribution in [-0.4, -0.2) is 20.2 Å². The first-order valence-electron chi connectivity index (χ1n) is 5.71. The number of hydrogen-bond donors (Lipinski definition) is 0. The van der Waals surface area contributed by atoms with Crippen molar-refractivity contribution in [3.05, 3.63) is 58.6 Å². The second-order valence-corrected chi connectivity index (χ2v) is 4.70. The van der Waals surface area contributed by atoms with Crippen molar-refractivity contribution < 1.29 is 4.74 Å². The maximum absolute atomic E-state index is 5.94. The lowest BCUT2D eigenvalue weighted by molar-refractivity contribution is 0.427. The second-order valence-electron chi connectivity index (χ2n) is 3.89. The Hall–Kier alpha value is -2.11. The van der Waals surface area contributed by atoms with E-state index in [2.05, 4.69) is 15.5 Å².